The monoisotopic (exact) mass is 603 g/mol. The third-order valence-corrected chi connectivity index (χ3v) is 8.43. The zero-order valence-electron chi connectivity index (χ0n) is 25.4. The number of aromatic amines is 1. The number of ether oxygens (including phenoxy) is 4. The van der Waals surface area contributed by atoms with Crippen LogP contribution in [-0.2, 0) is 27.4 Å². The summed E-state index contributed by atoms with van der Waals surface area (Å²) in [5.41, 5.74) is 3.38. The molecule has 2 aromatic carbocycles. The van der Waals surface area contributed by atoms with E-state index in [2.05, 4.69) is 20.4 Å². The van der Waals surface area contributed by atoms with Crippen molar-refractivity contribution in [2.24, 2.45) is 0 Å². The Bertz CT molecular complexity index is 1460. The Hall–Kier alpha value is -3.93. The molecule has 1 saturated heterocycles. The molecule has 4 bridgehead atoms. The van der Waals surface area contributed by atoms with Crippen molar-refractivity contribution in [1.29, 1.82) is 0 Å². The van der Waals surface area contributed by atoms with Gasteiger partial charge in [-0.3, -0.25) is 19.6 Å². The molecule has 1 aromatic heterocycles. The number of aromatic nitrogens is 2. The molecule has 11 nitrogen and oxygen atoms in total. The molecule has 2 atom stereocenters. The van der Waals surface area contributed by atoms with Crippen LogP contribution in [0.5, 0.6) is 17.2 Å². The summed E-state index contributed by atoms with van der Waals surface area (Å²) in [5.74, 6) is 2.15. The lowest BCUT2D eigenvalue weighted by Gasteiger charge is -2.39. The maximum atomic E-state index is 13.6. The SMILES string of the molecule is COCCCN1CC(=O)N[C@H]2CN(C(=O)c3cc(C4CC4)[nH]n3)CC[C@H]2OCc2cccc(c2)Oc2cc(ccc2OC)C1. The molecule has 3 aromatic rings. The van der Waals surface area contributed by atoms with E-state index in [1.165, 1.54) is 0 Å². The van der Waals surface area contributed by atoms with Gasteiger partial charge in [-0.1, -0.05) is 18.2 Å². The van der Waals surface area contributed by atoms with Crippen LogP contribution in [0.25, 0.3) is 0 Å². The number of hydrogen-bond acceptors (Lipinski definition) is 8. The van der Waals surface area contributed by atoms with E-state index in [4.69, 9.17) is 18.9 Å². The standard InChI is InChI=1S/C33H41N5O6/c1-41-14-4-12-37-18-22-7-10-30(42-2)31(16-22)44-25-6-3-5-23(15-25)21-43-29-11-13-38(19-28(29)34-32(39)20-37)33(40)27-17-26(35-36-27)24-8-9-24/h3,5-7,10,15-17,24,28-29H,4,8-9,11-14,18-21H2,1-2H3,(H,34,39)(H,35,36)/t28-,29+/m0/s1. The minimum Gasteiger partial charge on any atom is -0.493 e. The van der Waals surface area contributed by atoms with Crippen LogP contribution in [0.4, 0.5) is 0 Å². The van der Waals surface area contributed by atoms with Crippen molar-refractivity contribution in [3.05, 3.63) is 71.0 Å². The number of fused-ring (bicyclic) bond motifs is 5. The molecule has 6 rings (SSSR count). The molecule has 2 aliphatic heterocycles. The Kier molecular flexibility index (Phi) is 9.44. The van der Waals surface area contributed by atoms with E-state index in [0.29, 0.717) is 74.7 Å². The Morgan fingerprint density at radius 1 is 1.07 bits per heavy atom. The largest absolute Gasteiger partial charge is 0.493 e. The molecule has 2 amide bonds. The van der Waals surface area contributed by atoms with Gasteiger partial charge in [0.25, 0.3) is 5.91 Å². The molecule has 3 heterocycles. The van der Waals surface area contributed by atoms with Gasteiger partial charge >= 0.3 is 0 Å². The van der Waals surface area contributed by atoms with Gasteiger partial charge in [0.1, 0.15) is 11.4 Å². The fourth-order valence-electron chi connectivity index (χ4n) is 5.95. The first-order chi connectivity index (χ1) is 21.5. The minimum atomic E-state index is -0.372. The first-order valence-corrected chi connectivity index (χ1v) is 15.4. The number of benzene rings is 2. The molecule has 0 spiro atoms. The molecule has 2 N–H and O–H groups in total. The Morgan fingerprint density at radius 3 is 2.77 bits per heavy atom. The lowest BCUT2D eigenvalue weighted by molar-refractivity contribution is -0.125. The van der Waals surface area contributed by atoms with Gasteiger partial charge in [0, 0.05) is 51.5 Å². The van der Waals surface area contributed by atoms with Crippen molar-refractivity contribution in [3.8, 4) is 17.2 Å². The van der Waals surface area contributed by atoms with Gasteiger partial charge < -0.3 is 29.2 Å². The van der Waals surface area contributed by atoms with E-state index in [0.717, 1.165) is 36.1 Å². The second-order valence-corrected chi connectivity index (χ2v) is 11.8. The van der Waals surface area contributed by atoms with Gasteiger partial charge in [-0.05, 0) is 67.1 Å². The number of hydrogen-bond donors (Lipinski definition) is 2. The molecule has 0 radical (unpaired) electrons. The number of piperidine rings is 1. The summed E-state index contributed by atoms with van der Waals surface area (Å²) in [5, 5.41) is 10.6. The average Bonchev–Trinajstić information content (AvgIpc) is 3.76. The van der Waals surface area contributed by atoms with E-state index >= 15 is 0 Å². The Balaban J connectivity index is 1.24. The molecule has 234 valence electrons. The zero-order valence-corrected chi connectivity index (χ0v) is 25.4. The summed E-state index contributed by atoms with van der Waals surface area (Å²) in [7, 11) is 3.30. The lowest BCUT2D eigenvalue weighted by atomic mass is 10.0. The van der Waals surface area contributed by atoms with Crippen molar-refractivity contribution in [2.75, 3.05) is 47.0 Å². The smallest absolute Gasteiger partial charge is 0.274 e. The first-order valence-electron chi connectivity index (χ1n) is 15.4. The number of H-pyrrole nitrogens is 1. The predicted molar refractivity (Wildman–Crippen MR) is 163 cm³/mol. The van der Waals surface area contributed by atoms with Crippen LogP contribution < -0.4 is 14.8 Å². The normalized spacial score (nSPS) is 21.2. The van der Waals surface area contributed by atoms with Crippen LogP contribution in [0.2, 0.25) is 0 Å². The highest BCUT2D eigenvalue weighted by atomic mass is 16.5. The number of carbonyl (C=O) groups is 2. The number of amides is 2. The van der Waals surface area contributed by atoms with Crippen molar-refractivity contribution in [1.82, 2.24) is 25.3 Å². The predicted octanol–water partition coefficient (Wildman–Crippen LogP) is 3.86. The van der Waals surface area contributed by atoms with Gasteiger partial charge in [0.2, 0.25) is 5.91 Å². The van der Waals surface area contributed by atoms with Crippen LogP contribution in [0, 0.1) is 0 Å². The molecular weight excluding hydrogens is 562 g/mol. The third-order valence-electron chi connectivity index (χ3n) is 8.43. The quantitative estimate of drug-likeness (QED) is 0.391. The highest BCUT2D eigenvalue weighted by Gasteiger charge is 2.35. The number of likely N-dealkylation sites (tertiary alicyclic amines) is 1. The molecule has 2 fully saturated rings. The summed E-state index contributed by atoms with van der Waals surface area (Å²) in [6.45, 7) is 3.19. The van der Waals surface area contributed by atoms with E-state index in [-0.39, 0.29) is 30.5 Å². The number of methoxy groups -OCH3 is 2. The first kappa shape index (κ1) is 30.1. The van der Waals surface area contributed by atoms with Crippen LogP contribution >= 0.6 is 0 Å². The Morgan fingerprint density at radius 2 is 1.95 bits per heavy atom. The summed E-state index contributed by atoms with van der Waals surface area (Å²) in [6.07, 6.45) is 3.36. The molecule has 0 unspecified atom stereocenters. The fourth-order valence-corrected chi connectivity index (χ4v) is 5.95. The van der Waals surface area contributed by atoms with Gasteiger partial charge in [-0.25, -0.2) is 0 Å². The van der Waals surface area contributed by atoms with Crippen molar-refractivity contribution >= 4 is 11.8 Å². The van der Waals surface area contributed by atoms with Gasteiger partial charge in [0.05, 0.1) is 32.4 Å². The molecular formula is C33H41N5O6. The Labute approximate surface area is 257 Å². The minimum absolute atomic E-state index is 0.120. The van der Waals surface area contributed by atoms with Gasteiger partial charge in [-0.2, -0.15) is 5.10 Å². The van der Waals surface area contributed by atoms with Crippen LogP contribution in [0.1, 0.15) is 58.9 Å². The third kappa shape index (κ3) is 7.40. The molecule has 44 heavy (non-hydrogen) atoms. The maximum absolute atomic E-state index is 13.6. The van der Waals surface area contributed by atoms with E-state index in [1.54, 1.807) is 19.1 Å². The van der Waals surface area contributed by atoms with E-state index < -0.39 is 0 Å². The number of nitrogens with one attached hydrogen (secondary N) is 2. The van der Waals surface area contributed by atoms with E-state index in [1.807, 2.05) is 48.5 Å². The lowest BCUT2D eigenvalue weighted by Crippen LogP contribution is -2.58. The topological polar surface area (TPSA) is 118 Å². The molecule has 1 saturated carbocycles. The summed E-state index contributed by atoms with van der Waals surface area (Å²) >= 11 is 0. The fraction of sp³-hybridized carbons (Fsp3) is 0.485. The van der Waals surface area contributed by atoms with Gasteiger partial charge in [-0.15, -0.1) is 0 Å². The highest BCUT2D eigenvalue weighted by molar-refractivity contribution is 5.92. The van der Waals surface area contributed by atoms with Crippen molar-refractivity contribution in [3.63, 3.8) is 0 Å². The highest BCUT2D eigenvalue weighted by Crippen LogP contribution is 2.39. The second kappa shape index (κ2) is 13.8. The van der Waals surface area contributed by atoms with Crippen LogP contribution in [-0.4, -0.2) is 91.0 Å². The van der Waals surface area contributed by atoms with Crippen molar-refractivity contribution in [2.45, 2.75) is 56.9 Å². The number of rotatable bonds is 7. The van der Waals surface area contributed by atoms with Crippen LogP contribution in [0.3, 0.4) is 0 Å². The molecule has 1 aliphatic carbocycles. The molecule has 11 heteroatoms. The second-order valence-electron chi connectivity index (χ2n) is 11.8. The number of nitrogens with zero attached hydrogens (tertiary/aromatic N) is 3. The maximum Gasteiger partial charge on any atom is 0.274 e. The summed E-state index contributed by atoms with van der Waals surface area (Å²) < 4.78 is 23.6. The van der Waals surface area contributed by atoms with E-state index in [9.17, 15) is 9.59 Å². The van der Waals surface area contributed by atoms with Crippen LogP contribution in [0.15, 0.2) is 48.5 Å². The average molecular weight is 604 g/mol. The van der Waals surface area contributed by atoms with Gasteiger partial charge in [0.15, 0.2) is 11.5 Å². The zero-order chi connectivity index (χ0) is 30.5. The van der Waals surface area contributed by atoms with Crippen molar-refractivity contribution < 1.29 is 28.5 Å². The number of carbonyl (C=O) groups excluding carboxylic acids is 2. The summed E-state index contributed by atoms with van der Waals surface area (Å²) in [6, 6.07) is 15.1. The molecule has 3 aliphatic rings. The summed E-state index contributed by atoms with van der Waals surface area (Å²) in [4.78, 5) is 30.9.